The molecule has 0 atom stereocenters. The molecular formula is C28H34FN7O2. The monoisotopic (exact) mass is 519 g/mol. The molecule has 1 aromatic carbocycles. The van der Waals surface area contributed by atoms with E-state index in [9.17, 15) is 14.0 Å². The Hall–Kier alpha value is -4.47. The Morgan fingerprint density at radius 3 is 2.47 bits per heavy atom. The smallest absolute Gasteiger partial charge is 0.271 e. The number of halogens is 1. The van der Waals surface area contributed by atoms with Crippen LogP contribution in [0.25, 0.3) is 16.8 Å². The minimum Gasteiger partial charge on any atom is -0.404 e. The number of hydrogen-bond acceptors (Lipinski definition) is 6. The van der Waals surface area contributed by atoms with Crippen LogP contribution in [0.1, 0.15) is 37.8 Å². The first-order valence-electron chi connectivity index (χ1n) is 12.2. The third-order valence-corrected chi connectivity index (χ3v) is 6.02. The van der Waals surface area contributed by atoms with E-state index in [4.69, 9.17) is 17.2 Å². The predicted octanol–water partition coefficient (Wildman–Crippen LogP) is 3.28. The lowest BCUT2D eigenvalue weighted by Gasteiger charge is -2.16. The average Bonchev–Trinajstić information content (AvgIpc) is 3.72. The van der Waals surface area contributed by atoms with Crippen LogP contribution in [0.2, 0.25) is 0 Å². The Morgan fingerprint density at radius 1 is 1.16 bits per heavy atom. The van der Waals surface area contributed by atoms with Crippen molar-refractivity contribution in [3.05, 3.63) is 77.4 Å². The second-order valence-electron chi connectivity index (χ2n) is 9.60. The van der Waals surface area contributed by atoms with E-state index in [1.807, 2.05) is 19.1 Å². The molecule has 1 heterocycles. The number of aryl methyl sites for hydroxylation is 1. The van der Waals surface area contributed by atoms with Gasteiger partial charge in [0, 0.05) is 65.7 Å². The van der Waals surface area contributed by atoms with Crippen molar-refractivity contribution < 1.29 is 14.0 Å². The summed E-state index contributed by atoms with van der Waals surface area (Å²) in [5.74, 6) is -0.686. The Kier molecular flexibility index (Phi) is 8.67. The molecular weight excluding hydrogens is 485 g/mol. The summed E-state index contributed by atoms with van der Waals surface area (Å²) in [5.41, 5.74) is 20.0. The first-order valence-corrected chi connectivity index (χ1v) is 12.2. The highest BCUT2D eigenvalue weighted by molar-refractivity contribution is 6.05. The maximum absolute atomic E-state index is 14.2. The van der Waals surface area contributed by atoms with Crippen molar-refractivity contribution in [3.63, 3.8) is 0 Å². The van der Waals surface area contributed by atoms with E-state index in [0.717, 1.165) is 41.3 Å². The molecule has 0 saturated heterocycles. The van der Waals surface area contributed by atoms with Gasteiger partial charge in [-0.1, -0.05) is 6.07 Å². The molecule has 8 N–H and O–H groups in total. The summed E-state index contributed by atoms with van der Waals surface area (Å²) in [4.78, 5) is 33.0. The third-order valence-electron chi connectivity index (χ3n) is 6.02. The second-order valence-corrected chi connectivity index (χ2v) is 9.60. The summed E-state index contributed by atoms with van der Waals surface area (Å²) in [5, 5.41) is 5.81. The van der Waals surface area contributed by atoms with Gasteiger partial charge >= 0.3 is 0 Å². The number of pyridine rings is 1. The highest BCUT2D eigenvalue weighted by Crippen LogP contribution is 2.30. The fourth-order valence-electron chi connectivity index (χ4n) is 3.63. The quantitative estimate of drug-likeness (QED) is 0.147. The molecule has 200 valence electrons. The Bertz CT molecular complexity index is 1350. The van der Waals surface area contributed by atoms with E-state index in [0.29, 0.717) is 11.4 Å². The summed E-state index contributed by atoms with van der Waals surface area (Å²) in [7, 11) is 1.74. The van der Waals surface area contributed by atoms with Gasteiger partial charge in [0.05, 0.1) is 5.70 Å². The molecule has 1 aliphatic rings. The summed E-state index contributed by atoms with van der Waals surface area (Å²) >= 11 is 0. The van der Waals surface area contributed by atoms with Crippen molar-refractivity contribution in [1.82, 2.24) is 10.3 Å². The van der Waals surface area contributed by atoms with Crippen molar-refractivity contribution in [3.8, 4) is 11.1 Å². The molecule has 10 heteroatoms. The molecule has 0 bridgehead atoms. The summed E-state index contributed by atoms with van der Waals surface area (Å²) in [6.07, 6.45) is 8.99. The number of amidine groups is 1. The van der Waals surface area contributed by atoms with Crippen LogP contribution in [0.5, 0.6) is 0 Å². The highest BCUT2D eigenvalue weighted by Gasteiger charge is 2.29. The number of aliphatic imine (C=N–C) groups is 1. The number of rotatable bonds is 9. The van der Waals surface area contributed by atoms with E-state index in [2.05, 4.69) is 20.6 Å². The normalized spacial score (nSPS) is 15.3. The number of carbonyl (C=O) groups is 2. The van der Waals surface area contributed by atoms with E-state index in [1.165, 1.54) is 19.9 Å². The Balaban J connectivity index is 1.87. The largest absolute Gasteiger partial charge is 0.404 e. The van der Waals surface area contributed by atoms with Gasteiger partial charge in [0.25, 0.3) is 11.8 Å². The standard InChI is InChI=1S/C28H34FN7O2/c1-16-5-8-21(35-27(38)23(31)10-20(13-30)28(2,3)29)11-22(16)18-9-19(15-34-14-18)24(33-4)12-25(32)36-26(37)17-6-7-17/h5,8-15,17,33H,6-7,30-31H2,1-4H3,(H,35,38)(H2,32,36,37)/b20-13+,23-10-,24-12-. The Labute approximate surface area is 221 Å². The second kappa shape index (κ2) is 11.7. The van der Waals surface area contributed by atoms with Crippen LogP contribution >= 0.6 is 0 Å². The van der Waals surface area contributed by atoms with Crippen LogP contribution in [0.4, 0.5) is 10.1 Å². The number of alkyl halides is 1. The number of carbonyl (C=O) groups excluding carboxylic acids is 2. The molecule has 1 saturated carbocycles. The van der Waals surface area contributed by atoms with Crippen LogP contribution in [-0.4, -0.2) is 35.4 Å². The number of nitrogens with zero attached hydrogens (tertiary/aromatic N) is 2. The molecule has 2 amide bonds. The number of benzene rings is 1. The lowest BCUT2D eigenvalue weighted by molar-refractivity contribution is -0.119. The first kappa shape index (κ1) is 28.1. The van der Waals surface area contributed by atoms with Crippen molar-refractivity contribution >= 4 is 29.0 Å². The number of anilines is 1. The molecule has 3 rings (SSSR count). The number of aromatic nitrogens is 1. The molecule has 38 heavy (non-hydrogen) atoms. The zero-order chi connectivity index (χ0) is 28.0. The maximum Gasteiger partial charge on any atom is 0.271 e. The van der Waals surface area contributed by atoms with Gasteiger partial charge in [-0.3, -0.25) is 14.6 Å². The highest BCUT2D eigenvalue weighted by atomic mass is 19.1. The van der Waals surface area contributed by atoms with E-state index in [-0.39, 0.29) is 28.9 Å². The van der Waals surface area contributed by atoms with E-state index < -0.39 is 11.6 Å². The summed E-state index contributed by atoms with van der Waals surface area (Å²) in [6, 6.07) is 7.31. The minimum atomic E-state index is -1.75. The van der Waals surface area contributed by atoms with Crippen molar-refractivity contribution in [2.24, 2.45) is 28.1 Å². The molecule has 1 aromatic heterocycles. The van der Waals surface area contributed by atoms with Gasteiger partial charge in [0.15, 0.2) is 0 Å². The molecule has 0 aliphatic heterocycles. The lowest BCUT2D eigenvalue weighted by Crippen LogP contribution is -2.23. The van der Waals surface area contributed by atoms with E-state index >= 15 is 0 Å². The van der Waals surface area contributed by atoms with Crippen LogP contribution in [0.3, 0.4) is 0 Å². The topological polar surface area (TPSA) is 162 Å². The zero-order valence-corrected chi connectivity index (χ0v) is 22.0. The third kappa shape index (κ3) is 7.28. The molecule has 0 spiro atoms. The molecule has 9 nitrogen and oxygen atoms in total. The number of nitrogens with two attached hydrogens (primary N) is 3. The van der Waals surface area contributed by atoms with E-state index in [1.54, 1.807) is 37.7 Å². The molecule has 0 radical (unpaired) electrons. The molecule has 1 fully saturated rings. The van der Waals surface area contributed by atoms with Gasteiger partial charge in [0.1, 0.15) is 11.5 Å². The number of hydrogen-bond donors (Lipinski definition) is 5. The zero-order valence-electron chi connectivity index (χ0n) is 22.0. The fraction of sp³-hybridized carbons (Fsp3) is 0.286. The van der Waals surface area contributed by atoms with Gasteiger partial charge in [-0.2, -0.15) is 4.99 Å². The van der Waals surface area contributed by atoms with Crippen LogP contribution < -0.4 is 27.8 Å². The van der Waals surface area contributed by atoms with Gasteiger partial charge in [-0.25, -0.2) is 4.39 Å². The predicted molar refractivity (Wildman–Crippen MR) is 149 cm³/mol. The van der Waals surface area contributed by atoms with Gasteiger partial charge in [-0.15, -0.1) is 0 Å². The van der Waals surface area contributed by atoms with Crippen molar-refractivity contribution in [2.45, 2.75) is 39.3 Å². The summed E-state index contributed by atoms with van der Waals surface area (Å²) in [6.45, 7) is 4.59. The average molecular weight is 520 g/mol. The molecule has 0 unspecified atom stereocenters. The van der Waals surface area contributed by atoms with Crippen molar-refractivity contribution in [1.29, 1.82) is 0 Å². The Morgan fingerprint density at radius 2 is 1.87 bits per heavy atom. The number of nitrogens with one attached hydrogen (secondary N) is 2. The lowest BCUT2D eigenvalue weighted by atomic mass is 9.99. The summed E-state index contributed by atoms with van der Waals surface area (Å²) < 4.78 is 14.2. The first-order chi connectivity index (χ1) is 17.9. The SMILES string of the molecule is CN/C(=C\C(N)=NC(=O)C1CC1)c1cncc(-c2cc(NC(=O)/C(N)=C/C(=C\N)C(C)(C)F)ccc2C)c1. The fourth-order valence-corrected chi connectivity index (χ4v) is 3.63. The molecule has 1 aliphatic carbocycles. The van der Waals surface area contributed by atoms with Gasteiger partial charge < -0.3 is 27.8 Å². The number of amides is 2. The number of allylic oxidation sites excluding steroid dienone is 2. The van der Waals surface area contributed by atoms with Gasteiger partial charge in [-0.05, 0) is 69.0 Å². The maximum atomic E-state index is 14.2. The van der Waals surface area contributed by atoms with Crippen LogP contribution in [0, 0.1) is 12.8 Å². The van der Waals surface area contributed by atoms with Crippen molar-refractivity contribution in [2.75, 3.05) is 12.4 Å². The van der Waals surface area contributed by atoms with Crippen LogP contribution in [-0.2, 0) is 9.59 Å². The van der Waals surface area contributed by atoms with Crippen LogP contribution in [0.15, 0.2) is 71.3 Å². The molecule has 2 aromatic rings. The minimum absolute atomic E-state index is 0.0127. The van der Waals surface area contributed by atoms with Gasteiger partial charge in [0.2, 0.25) is 0 Å².